The molecule has 21 heavy (non-hydrogen) atoms. The van der Waals surface area contributed by atoms with Crippen molar-refractivity contribution >= 4 is 10.9 Å². The van der Waals surface area contributed by atoms with Crippen molar-refractivity contribution in [3.8, 4) is 5.75 Å². The van der Waals surface area contributed by atoms with Crippen molar-refractivity contribution < 1.29 is 4.74 Å². The minimum atomic E-state index is 0.676. The highest BCUT2D eigenvalue weighted by Crippen LogP contribution is 2.30. The number of benzene rings is 1. The topological polar surface area (TPSA) is 28.3 Å². The Hall–Kier alpha value is -1.74. The highest BCUT2D eigenvalue weighted by molar-refractivity contribution is 5.84. The third-order valence-corrected chi connectivity index (χ3v) is 5.02. The summed E-state index contributed by atoms with van der Waals surface area (Å²) in [4.78, 5) is 6.02. The maximum Gasteiger partial charge on any atom is 0.119 e. The Bertz CT molecular complexity index is 673. The number of nitrogens with one attached hydrogen (secondary N) is 1. The summed E-state index contributed by atoms with van der Waals surface area (Å²) in [5, 5.41) is 1.30. The standard InChI is InChI=1S/C18H22N2O/c1-21-16-6-7-18-17(10-16)14(11-19-18)8-9-20-12-13-2-4-15(20)5-3-13/h2,4,6-7,10-11,13,15,19H,3,5,8-9,12H2,1H3/t13-,15-/m0/s1. The normalized spacial score (nSPS) is 24.8. The molecule has 0 spiro atoms. The van der Waals surface area contributed by atoms with E-state index in [1.54, 1.807) is 7.11 Å². The molecule has 5 rings (SSSR count). The van der Waals surface area contributed by atoms with Crippen LogP contribution in [0.2, 0.25) is 0 Å². The number of H-pyrrole nitrogens is 1. The van der Waals surface area contributed by atoms with Crippen molar-refractivity contribution in [1.82, 2.24) is 9.88 Å². The van der Waals surface area contributed by atoms with Crippen molar-refractivity contribution in [2.75, 3.05) is 20.2 Å². The number of nitrogens with zero attached hydrogens (tertiary/aromatic N) is 1. The van der Waals surface area contributed by atoms with Gasteiger partial charge in [0, 0.05) is 36.2 Å². The van der Waals surface area contributed by atoms with E-state index in [2.05, 4.69) is 40.4 Å². The lowest BCUT2D eigenvalue weighted by molar-refractivity contribution is 0.139. The molecule has 2 bridgehead atoms. The minimum Gasteiger partial charge on any atom is -0.497 e. The fraction of sp³-hybridized carbons (Fsp3) is 0.444. The van der Waals surface area contributed by atoms with Gasteiger partial charge in [0.25, 0.3) is 0 Å². The summed E-state index contributed by atoms with van der Waals surface area (Å²) in [6, 6.07) is 6.93. The maximum atomic E-state index is 5.35. The second-order valence-electron chi connectivity index (χ2n) is 6.26. The Morgan fingerprint density at radius 3 is 2.95 bits per heavy atom. The van der Waals surface area contributed by atoms with Gasteiger partial charge in [0.15, 0.2) is 0 Å². The number of hydrogen-bond donors (Lipinski definition) is 1. The van der Waals surface area contributed by atoms with Gasteiger partial charge in [-0.3, -0.25) is 4.90 Å². The van der Waals surface area contributed by atoms with Gasteiger partial charge in [-0.05, 0) is 48.9 Å². The number of piperidine rings is 1. The Labute approximate surface area is 125 Å². The summed E-state index contributed by atoms with van der Waals surface area (Å²) in [6.45, 7) is 2.39. The lowest BCUT2D eigenvalue weighted by atomic mass is 9.86. The first-order valence-corrected chi connectivity index (χ1v) is 7.90. The van der Waals surface area contributed by atoms with E-state index in [0.717, 1.165) is 24.6 Å². The molecule has 1 N–H and O–H groups in total. The monoisotopic (exact) mass is 282 g/mol. The Morgan fingerprint density at radius 2 is 2.24 bits per heavy atom. The second-order valence-corrected chi connectivity index (χ2v) is 6.26. The molecule has 1 aliphatic carbocycles. The molecule has 2 aliphatic heterocycles. The second kappa shape index (κ2) is 5.23. The highest BCUT2D eigenvalue weighted by atomic mass is 16.5. The van der Waals surface area contributed by atoms with E-state index in [0.29, 0.717) is 6.04 Å². The Balaban J connectivity index is 1.51. The Kier molecular flexibility index (Phi) is 3.23. The average Bonchev–Trinajstić information content (AvgIpc) is 2.96. The molecule has 0 saturated carbocycles. The molecular weight excluding hydrogens is 260 g/mol. The molecule has 0 radical (unpaired) electrons. The minimum absolute atomic E-state index is 0.676. The number of methoxy groups -OCH3 is 1. The number of hydrogen-bond acceptors (Lipinski definition) is 2. The van der Waals surface area contributed by atoms with Crippen molar-refractivity contribution in [2.24, 2.45) is 5.92 Å². The number of aromatic amines is 1. The first-order valence-electron chi connectivity index (χ1n) is 7.90. The van der Waals surface area contributed by atoms with E-state index >= 15 is 0 Å². The van der Waals surface area contributed by atoms with E-state index in [-0.39, 0.29) is 0 Å². The number of aromatic nitrogens is 1. The molecule has 1 aromatic heterocycles. The van der Waals surface area contributed by atoms with Gasteiger partial charge in [-0.1, -0.05) is 12.2 Å². The van der Waals surface area contributed by atoms with Crippen LogP contribution in [-0.2, 0) is 6.42 Å². The van der Waals surface area contributed by atoms with Gasteiger partial charge in [-0.15, -0.1) is 0 Å². The van der Waals surface area contributed by atoms with Crippen molar-refractivity contribution in [3.63, 3.8) is 0 Å². The lowest BCUT2D eigenvalue weighted by Crippen LogP contribution is -2.45. The number of fused-ring (bicyclic) bond motifs is 3. The molecule has 1 aromatic carbocycles. The third-order valence-electron chi connectivity index (χ3n) is 5.02. The van der Waals surface area contributed by atoms with Crippen LogP contribution in [0.3, 0.4) is 0 Å². The van der Waals surface area contributed by atoms with Crippen LogP contribution in [0.1, 0.15) is 18.4 Å². The largest absolute Gasteiger partial charge is 0.497 e. The molecule has 3 heteroatoms. The van der Waals surface area contributed by atoms with Crippen LogP contribution in [0.15, 0.2) is 36.5 Å². The van der Waals surface area contributed by atoms with Crippen molar-refractivity contribution in [3.05, 3.63) is 42.1 Å². The quantitative estimate of drug-likeness (QED) is 0.871. The predicted octanol–water partition coefficient (Wildman–Crippen LogP) is 3.37. The van der Waals surface area contributed by atoms with E-state index in [9.17, 15) is 0 Å². The zero-order valence-corrected chi connectivity index (χ0v) is 12.5. The predicted molar refractivity (Wildman–Crippen MR) is 85.8 cm³/mol. The van der Waals surface area contributed by atoms with Crippen LogP contribution >= 0.6 is 0 Å². The summed E-state index contributed by atoms with van der Waals surface area (Å²) in [6.07, 6.45) is 10.8. The molecule has 0 amide bonds. The zero-order valence-electron chi connectivity index (χ0n) is 12.5. The van der Waals surface area contributed by atoms with E-state index in [4.69, 9.17) is 4.74 Å². The molecular formula is C18H22N2O. The fourth-order valence-corrected chi connectivity index (χ4v) is 3.77. The zero-order chi connectivity index (χ0) is 14.2. The van der Waals surface area contributed by atoms with Crippen LogP contribution in [0.4, 0.5) is 0 Å². The number of ether oxygens (including phenoxy) is 1. The van der Waals surface area contributed by atoms with Crippen LogP contribution in [0.5, 0.6) is 5.75 Å². The molecule has 3 aliphatic rings. The lowest BCUT2D eigenvalue weighted by Gasteiger charge is -2.41. The van der Waals surface area contributed by atoms with E-state index in [1.165, 1.54) is 35.9 Å². The van der Waals surface area contributed by atoms with Gasteiger partial charge in [-0.25, -0.2) is 0 Å². The molecule has 110 valence electrons. The first kappa shape index (κ1) is 13.0. The van der Waals surface area contributed by atoms with Crippen molar-refractivity contribution in [1.29, 1.82) is 0 Å². The third kappa shape index (κ3) is 2.36. The van der Waals surface area contributed by atoms with Gasteiger partial charge in [0.1, 0.15) is 5.75 Å². The van der Waals surface area contributed by atoms with E-state index < -0.39 is 0 Å². The molecule has 1 fully saturated rings. The fourth-order valence-electron chi connectivity index (χ4n) is 3.77. The molecule has 1 saturated heterocycles. The van der Waals surface area contributed by atoms with Gasteiger partial charge in [0.05, 0.1) is 7.11 Å². The Morgan fingerprint density at radius 1 is 1.29 bits per heavy atom. The summed E-state index contributed by atoms with van der Waals surface area (Å²) in [5.74, 6) is 1.72. The van der Waals surface area contributed by atoms with Crippen molar-refractivity contribution in [2.45, 2.75) is 25.3 Å². The molecule has 0 unspecified atom stereocenters. The number of rotatable bonds is 4. The smallest absolute Gasteiger partial charge is 0.119 e. The molecule has 3 heterocycles. The highest BCUT2D eigenvalue weighted by Gasteiger charge is 2.29. The van der Waals surface area contributed by atoms with Crippen LogP contribution in [0.25, 0.3) is 10.9 Å². The summed E-state index contributed by atoms with van der Waals surface area (Å²) < 4.78 is 5.35. The SMILES string of the molecule is COc1ccc2[nH]cc(CCN3C[C@H]4C=C[C@H]3CC4)c2c1. The molecule has 3 nitrogen and oxygen atoms in total. The van der Waals surface area contributed by atoms with Gasteiger partial charge >= 0.3 is 0 Å². The van der Waals surface area contributed by atoms with Crippen LogP contribution in [0, 0.1) is 5.92 Å². The first-order chi connectivity index (χ1) is 10.3. The van der Waals surface area contributed by atoms with Crippen LogP contribution in [-0.4, -0.2) is 36.1 Å². The molecule has 2 atom stereocenters. The van der Waals surface area contributed by atoms with Crippen LogP contribution < -0.4 is 4.74 Å². The van der Waals surface area contributed by atoms with Gasteiger partial charge in [0.2, 0.25) is 0 Å². The van der Waals surface area contributed by atoms with E-state index in [1.807, 2.05) is 6.07 Å². The molecule has 2 aromatic rings. The summed E-state index contributed by atoms with van der Waals surface area (Å²) >= 11 is 0. The summed E-state index contributed by atoms with van der Waals surface area (Å²) in [5.41, 5.74) is 2.60. The maximum absolute atomic E-state index is 5.35. The van der Waals surface area contributed by atoms with Gasteiger partial charge in [-0.2, -0.15) is 0 Å². The van der Waals surface area contributed by atoms with Gasteiger partial charge < -0.3 is 9.72 Å². The summed E-state index contributed by atoms with van der Waals surface area (Å²) in [7, 11) is 1.73. The average molecular weight is 282 g/mol.